The van der Waals surface area contributed by atoms with E-state index < -0.39 is 16.4 Å². The molecule has 8 heteroatoms. The number of ether oxygens (including phenoxy) is 3. The van der Waals surface area contributed by atoms with Crippen molar-refractivity contribution in [2.24, 2.45) is 0 Å². The van der Waals surface area contributed by atoms with Crippen LogP contribution < -0.4 is 19.9 Å². The lowest BCUT2D eigenvalue weighted by Crippen LogP contribution is -1.98. The number of hydrogen-bond acceptors (Lipinski definition) is 7. The molecule has 0 aliphatic carbocycles. The number of phenolic OH excluding ortho intramolecular Hbond substituents is 1. The molecule has 0 amide bonds. The minimum Gasteiger partial charge on any atom is -0.506 e. The fourth-order valence-corrected chi connectivity index (χ4v) is 2.48. The van der Waals surface area contributed by atoms with Gasteiger partial charge in [-0.2, -0.15) is 0 Å². The fourth-order valence-electron chi connectivity index (χ4n) is 2.48. The number of nitro benzene ring substituents is 1. The van der Waals surface area contributed by atoms with Crippen LogP contribution >= 0.6 is 0 Å². The van der Waals surface area contributed by atoms with E-state index in [0.717, 1.165) is 11.6 Å². The number of nitrogens with zero attached hydrogens (tertiary/aromatic N) is 1. The molecule has 0 fully saturated rings. The Hall–Kier alpha value is -3.94. The summed E-state index contributed by atoms with van der Waals surface area (Å²) in [6, 6.07) is 16.6. The van der Waals surface area contributed by atoms with Gasteiger partial charge in [-0.1, -0.05) is 30.3 Å². The van der Waals surface area contributed by atoms with Gasteiger partial charge >= 0.3 is 5.69 Å². The van der Waals surface area contributed by atoms with E-state index in [0.29, 0.717) is 18.1 Å². The van der Waals surface area contributed by atoms with Crippen molar-refractivity contribution in [3.63, 3.8) is 0 Å². The molecule has 0 aliphatic heterocycles. The third kappa shape index (κ3) is 4.24. The topological polar surface area (TPSA) is 117 Å². The van der Waals surface area contributed by atoms with Gasteiger partial charge in [0, 0.05) is 12.1 Å². The zero-order valence-electron chi connectivity index (χ0n) is 15.0. The van der Waals surface area contributed by atoms with Crippen molar-refractivity contribution >= 4 is 11.4 Å². The Bertz CT molecular complexity index is 991. The van der Waals surface area contributed by atoms with Crippen molar-refractivity contribution in [3.8, 4) is 28.7 Å². The van der Waals surface area contributed by atoms with E-state index in [2.05, 4.69) is 0 Å². The summed E-state index contributed by atoms with van der Waals surface area (Å²) >= 11 is 0. The second-order valence-electron chi connectivity index (χ2n) is 5.82. The van der Waals surface area contributed by atoms with Crippen molar-refractivity contribution < 1.29 is 24.2 Å². The number of aromatic hydroxyl groups is 1. The fraction of sp³-hybridized carbons (Fsp3) is 0.100. The molecule has 3 aromatic carbocycles. The molecule has 0 saturated carbocycles. The van der Waals surface area contributed by atoms with E-state index in [4.69, 9.17) is 19.9 Å². The Morgan fingerprint density at radius 3 is 2.46 bits per heavy atom. The first-order chi connectivity index (χ1) is 13.5. The monoisotopic (exact) mass is 382 g/mol. The largest absolute Gasteiger partial charge is 0.506 e. The first-order valence-electron chi connectivity index (χ1n) is 8.27. The molecule has 28 heavy (non-hydrogen) atoms. The molecule has 0 bridgehead atoms. The molecule has 144 valence electrons. The van der Waals surface area contributed by atoms with Gasteiger partial charge in [0.1, 0.15) is 18.1 Å². The van der Waals surface area contributed by atoms with Gasteiger partial charge in [0.05, 0.1) is 23.8 Å². The summed E-state index contributed by atoms with van der Waals surface area (Å²) in [5.41, 5.74) is 6.18. The van der Waals surface area contributed by atoms with Crippen LogP contribution in [0.1, 0.15) is 5.56 Å². The van der Waals surface area contributed by atoms with Gasteiger partial charge in [0.2, 0.25) is 5.75 Å². The lowest BCUT2D eigenvalue weighted by Gasteiger charge is -2.13. The maximum Gasteiger partial charge on any atom is 0.315 e. The number of nitrogens with two attached hydrogens (primary N) is 1. The van der Waals surface area contributed by atoms with Crippen LogP contribution in [0.5, 0.6) is 28.7 Å². The summed E-state index contributed by atoms with van der Waals surface area (Å²) in [4.78, 5) is 10.6. The van der Waals surface area contributed by atoms with E-state index in [9.17, 15) is 15.2 Å². The average molecular weight is 382 g/mol. The molecule has 8 nitrogen and oxygen atoms in total. The number of benzene rings is 3. The summed E-state index contributed by atoms with van der Waals surface area (Å²) in [5.74, 6) is 0.606. The highest BCUT2D eigenvalue weighted by molar-refractivity contribution is 5.65. The Kier molecular flexibility index (Phi) is 5.50. The smallest absolute Gasteiger partial charge is 0.315 e. The second kappa shape index (κ2) is 8.17. The van der Waals surface area contributed by atoms with Crippen molar-refractivity contribution in [1.29, 1.82) is 0 Å². The number of rotatable bonds is 7. The summed E-state index contributed by atoms with van der Waals surface area (Å²) in [5, 5.41) is 20.8. The summed E-state index contributed by atoms with van der Waals surface area (Å²) in [6.45, 7) is 0.379. The SMILES string of the molecule is COc1cc(OCc2ccccc2)ccc1Oc1cc(N)c(O)cc1[N+](=O)[O-]. The molecule has 0 saturated heterocycles. The predicted molar refractivity (Wildman–Crippen MR) is 103 cm³/mol. The second-order valence-corrected chi connectivity index (χ2v) is 5.82. The molecule has 0 unspecified atom stereocenters. The molecule has 3 aromatic rings. The highest BCUT2D eigenvalue weighted by Crippen LogP contribution is 2.41. The van der Waals surface area contributed by atoms with Gasteiger partial charge < -0.3 is 25.1 Å². The van der Waals surface area contributed by atoms with Gasteiger partial charge in [-0.3, -0.25) is 10.1 Å². The molecule has 0 radical (unpaired) electrons. The van der Waals surface area contributed by atoms with Crippen LogP contribution in [-0.2, 0) is 6.61 Å². The van der Waals surface area contributed by atoms with Crippen molar-refractivity contribution in [3.05, 3.63) is 76.3 Å². The number of methoxy groups -OCH3 is 1. The zero-order chi connectivity index (χ0) is 20.1. The predicted octanol–water partition coefficient (Wildman–Crippen LogP) is 4.26. The summed E-state index contributed by atoms with van der Waals surface area (Å²) < 4.78 is 16.7. The van der Waals surface area contributed by atoms with Crippen LogP contribution in [0.2, 0.25) is 0 Å². The lowest BCUT2D eigenvalue weighted by molar-refractivity contribution is -0.385. The molecule has 0 aromatic heterocycles. The third-order valence-corrected chi connectivity index (χ3v) is 3.91. The number of nitro groups is 1. The highest BCUT2D eigenvalue weighted by atomic mass is 16.6. The number of nitrogen functional groups attached to an aromatic ring is 1. The number of anilines is 1. The van der Waals surface area contributed by atoms with Crippen LogP contribution in [0.15, 0.2) is 60.7 Å². The molecule has 0 heterocycles. The van der Waals surface area contributed by atoms with E-state index in [1.165, 1.54) is 13.2 Å². The van der Waals surface area contributed by atoms with Crippen LogP contribution in [0.3, 0.4) is 0 Å². The molecule has 3 N–H and O–H groups in total. The highest BCUT2D eigenvalue weighted by Gasteiger charge is 2.20. The number of phenols is 1. The van der Waals surface area contributed by atoms with Gasteiger partial charge in [-0.05, 0) is 17.7 Å². The van der Waals surface area contributed by atoms with Gasteiger partial charge in [-0.25, -0.2) is 0 Å². The first-order valence-corrected chi connectivity index (χ1v) is 8.27. The van der Waals surface area contributed by atoms with Gasteiger partial charge in [0.25, 0.3) is 0 Å². The maximum absolute atomic E-state index is 11.2. The van der Waals surface area contributed by atoms with E-state index >= 15 is 0 Å². The van der Waals surface area contributed by atoms with Crippen LogP contribution in [0.25, 0.3) is 0 Å². The molecular formula is C20H18N2O6. The summed E-state index contributed by atoms with van der Waals surface area (Å²) in [6.07, 6.45) is 0. The standard InChI is InChI=1S/C20H18N2O6/c1-26-20-9-14(27-12-13-5-3-2-4-6-13)7-8-18(20)28-19-10-15(21)17(23)11-16(19)22(24)25/h2-11,23H,12,21H2,1H3. The van der Waals surface area contributed by atoms with E-state index in [1.807, 2.05) is 30.3 Å². The maximum atomic E-state index is 11.2. The molecule has 3 rings (SSSR count). The summed E-state index contributed by atoms with van der Waals surface area (Å²) in [7, 11) is 1.45. The van der Waals surface area contributed by atoms with Gasteiger partial charge in [-0.15, -0.1) is 0 Å². The Labute approximate surface area is 160 Å². The van der Waals surface area contributed by atoms with E-state index in [1.54, 1.807) is 18.2 Å². The van der Waals surface area contributed by atoms with Crippen molar-refractivity contribution in [2.45, 2.75) is 6.61 Å². The van der Waals surface area contributed by atoms with Crippen LogP contribution in [0, 0.1) is 10.1 Å². The third-order valence-electron chi connectivity index (χ3n) is 3.91. The van der Waals surface area contributed by atoms with Gasteiger partial charge in [0.15, 0.2) is 11.5 Å². The van der Waals surface area contributed by atoms with E-state index in [-0.39, 0.29) is 17.2 Å². The normalized spacial score (nSPS) is 10.3. The Balaban J connectivity index is 1.83. The molecule has 0 spiro atoms. The van der Waals surface area contributed by atoms with Crippen molar-refractivity contribution in [1.82, 2.24) is 0 Å². The number of hydrogen-bond donors (Lipinski definition) is 2. The first kappa shape index (κ1) is 18.8. The Morgan fingerprint density at radius 1 is 1.04 bits per heavy atom. The Morgan fingerprint density at radius 2 is 1.79 bits per heavy atom. The zero-order valence-corrected chi connectivity index (χ0v) is 15.0. The quantitative estimate of drug-likeness (QED) is 0.271. The van der Waals surface area contributed by atoms with Crippen LogP contribution in [0.4, 0.5) is 11.4 Å². The van der Waals surface area contributed by atoms with Crippen molar-refractivity contribution in [2.75, 3.05) is 12.8 Å². The average Bonchev–Trinajstić information content (AvgIpc) is 2.70. The molecule has 0 atom stereocenters. The van der Waals surface area contributed by atoms with Crippen LogP contribution in [-0.4, -0.2) is 17.1 Å². The minimum atomic E-state index is -0.668. The minimum absolute atomic E-state index is 0.0395. The lowest BCUT2D eigenvalue weighted by atomic mass is 10.2. The molecule has 0 aliphatic rings. The molecular weight excluding hydrogens is 364 g/mol.